The Morgan fingerprint density at radius 1 is 1.17 bits per heavy atom. The van der Waals surface area contributed by atoms with Crippen molar-refractivity contribution >= 4 is 5.96 Å². The van der Waals surface area contributed by atoms with Crippen LogP contribution in [0.5, 0.6) is 0 Å². The molecular weight excluding hydrogens is 306 g/mol. The van der Waals surface area contributed by atoms with Gasteiger partial charge in [-0.25, -0.2) is 0 Å². The highest BCUT2D eigenvalue weighted by Gasteiger charge is 2.09. The molecule has 1 aromatic heterocycles. The number of nitrogens with zero attached hydrogens (tertiary/aromatic N) is 3. The standard InChI is InChI=1S/C17H33N5O2/c1-13(2)12-23-11-7-10-20-17(18-5)19-9-6-8-15-21-16(14(3)4)22-24-15/h13-14H,6-12H2,1-5H3,(H2,18,19,20). The first-order valence-electron chi connectivity index (χ1n) is 8.87. The van der Waals surface area contributed by atoms with Gasteiger partial charge in [0.1, 0.15) is 0 Å². The smallest absolute Gasteiger partial charge is 0.226 e. The molecule has 0 saturated heterocycles. The lowest BCUT2D eigenvalue weighted by Crippen LogP contribution is -2.38. The molecule has 0 aliphatic carbocycles. The van der Waals surface area contributed by atoms with Crippen molar-refractivity contribution in [1.82, 2.24) is 20.8 Å². The molecule has 7 heteroatoms. The Kier molecular flexibility index (Phi) is 10.1. The number of guanidine groups is 1. The highest BCUT2D eigenvalue weighted by molar-refractivity contribution is 5.79. The minimum Gasteiger partial charge on any atom is -0.381 e. The molecule has 0 amide bonds. The molecule has 7 nitrogen and oxygen atoms in total. The third-order valence-corrected chi connectivity index (χ3v) is 3.29. The van der Waals surface area contributed by atoms with E-state index in [1.807, 2.05) is 0 Å². The summed E-state index contributed by atoms with van der Waals surface area (Å²) in [5.74, 6) is 3.17. The van der Waals surface area contributed by atoms with Gasteiger partial charge in [0, 0.05) is 45.7 Å². The van der Waals surface area contributed by atoms with E-state index in [-0.39, 0.29) is 0 Å². The van der Waals surface area contributed by atoms with Crippen LogP contribution in [-0.4, -0.2) is 49.5 Å². The van der Waals surface area contributed by atoms with Crippen LogP contribution >= 0.6 is 0 Å². The molecule has 0 bridgehead atoms. The van der Waals surface area contributed by atoms with Crippen LogP contribution in [0.3, 0.4) is 0 Å². The Balaban J connectivity index is 2.09. The van der Waals surface area contributed by atoms with E-state index in [0.717, 1.165) is 57.3 Å². The molecule has 1 aromatic rings. The molecule has 0 unspecified atom stereocenters. The zero-order valence-corrected chi connectivity index (χ0v) is 15.8. The Bertz CT molecular complexity index is 471. The van der Waals surface area contributed by atoms with E-state index in [0.29, 0.717) is 17.7 Å². The molecule has 0 saturated carbocycles. The third kappa shape index (κ3) is 8.86. The number of aliphatic imine (C=N–C) groups is 1. The normalized spacial score (nSPS) is 12.2. The number of hydrogen-bond donors (Lipinski definition) is 2. The molecular formula is C17H33N5O2. The first kappa shape index (κ1) is 20.4. The maximum absolute atomic E-state index is 5.55. The maximum Gasteiger partial charge on any atom is 0.226 e. The van der Waals surface area contributed by atoms with Gasteiger partial charge >= 0.3 is 0 Å². The van der Waals surface area contributed by atoms with Crippen molar-refractivity contribution in [2.75, 3.05) is 33.4 Å². The highest BCUT2D eigenvalue weighted by atomic mass is 16.5. The minimum atomic E-state index is 0.299. The molecule has 138 valence electrons. The van der Waals surface area contributed by atoms with E-state index in [2.05, 4.69) is 53.5 Å². The second-order valence-electron chi connectivity index (χ2n) is 6.55. The van der Waals surface area contributed by atoms with Crippen molar-refractivity contribution in [3.8, 4) is 0 Å². The maximum atomic E-state index is 5.55. The Morgan fingerprint density at radius 2 is 1.88 bits per heavy atom. The largest absolute Gasteiger partial charge is 0.381 e. The van der Waals surface area contributed by atoms with Gasteiger partial charge in [0.05, 0.1) is 0 Å². The van der Waals surface area contributed by atoms with Gasteiger partial charge in [-0.05, 0) is 18.8 Å². The third-order valence-electron chi connectivity index (χ3n) is 3.29. The summed E-state index contributed by atoms with van der Waals surface area (Å²) in [7, 11) is 1.78. The van der Waals surface area contributed by atoms with E-state index in [9.17, 15) is 0 Å². The fourth-order valence-electron chi connectivity index (χ4n) is 1.97. The van der Waals surface area contributed by atoms with Crippen molar-refractivity contribution in [1.29, 1.82) is 0 Å². The quantitative estimate of drug-likeness (QED) is 0.366. The van der Waals surface area contributed by atoms with Gasteiger partial charge in [-0.2, -0.15) is 4.98 Å². The number of ether oxygens (including phenoxy) is 1. The van der Waals surface area contributed by atoms with E-state index in [1.54, 1.807) is 7.05 Å². The lowest BCUT2D eigenvalue weighted by molar-refractivity contribution is 0.108. The molecule has 0 fully saturated rings. The molecule has 0 aromatic carbocycles. The van der Waals surface area contributed by atoms with Crippen molar-refractivity contribution in [2.24, 2.45) is 10.9 Å². The lowest BCUT2D eigenvalue weighted by Gasteiger charge is -2.12. The number of aromatic nitrogens is 2. The first-order chi connectivity index (χ1) is 11.5. The summed E-state index contributed by atoms with van der Waals surface area (Å²) in [6, 6.07) is 0. The molecule has 0 radical (unpaired) electrons. The zero-order chi connectivity index (χ0) is 17.8. The molecule has 1 heterocycles. The van der Waals surface area contributed by atoms with Crippen molar-refractivity contribution < 1.29 is 9.26 Å². The molecule has 0 atom stereocenters. The van der Waals surface area contributed by atoms with E-state index in [1.165, 1.54) is 0 Å². The Labute approximate surface area is 145 Å². The average Bonchev–Trinajstić information content (AvgIpc) is 3.01. The summed E-state index contributed by atoms with van der Waals surface area (Å²) in [5, 5.41) is 10.5. The van der Waals surface area contributed by atoms with Crippen LogP contribution in [0.2, 0.25) is 0 Å². The fraction of sp³-hybridized carbons (Fsp3) is 0.824. The number of aryl methyl sites for hydroxylation is 1. The van der Waals surface area contributed by atoms with Crippen molar-refractivity contribution in [2.45, 2.75) is 52.9 Å². The van der Waals surface area contributed by atoms with Gasteiger partial charge in [0.2, 0.25) is 5.89 Å². The van der Waals surface area contributed by atoms with Crippen molar-refractivity contribution in [3.05, 3.63) is 11.7 Å². The monoisotopic (exact) mass is 339 g/mol. The van der Waals surface area contributed by atoms with Gasteiger partial charge in [0.15, 0.2) is 11.8 Å². The van der Waals surface area contributed by atoms with Crippen LogP contribution < -0.4 is 10.6 Å². The van der Waals surface area contributed by atoms with E-state index < -0.39 is 0 Å². The topological polar surface area (TPSA) is 84.6 Å². The fourth-order valence-corrected chi connectivity index (χ4v) is 1.97. The van der Waals surface area contributed by atoms with Crippen molar-refractivity contribution in [3.63, 3.8) is 0 Å². The molecule has 2 N–H and O–H groups in total. The summed E-state index contributed by atoms with van der Waals surface area (Å²) < 4.78 is 10.8. The van der Waals surface area contributed by atoms with Gasteiger partial charge in [-0.15, -0.1) is 0 Å². The summed E-state index contributed by atoms with van der Waals surface area (Å²) in [4.78, 5) is 8.58. The van der Waals surface area contributed by atoms with Gasteiger partial charge < -0.3 is 19.9 Å². The summed E-state index contributed by atoms with van der Waals surface area (Å²) in [5.41, 5.74) is 0. The van der Waals surface area contributed by atoms with E-state index >= 15 is 0 Å². The Morgan fingerprint density at radius 3 is 2.46 bits per heavy atom. The van der Waals surface area contributed by atoms with Gasteiger partial charge in [-0.3, -0.25) is 4.99 Å². The van der Waals surface area contributed by atoms with Crippen LogP contribution in [0, 0.1) is 5.92 Å². The predicted octanol–water partition coefficient (Wildman–Crippen LogP) is 2.35. The van der Waals surface area contributed by atoms with Crippen LogP contribution in [0.25, 0.3) is 0 Å². The number of nitrogens with one attached hydrogen (secondary N) is 2. The highest BCUT2D eigenvalue weighted by Crippen LogP contribution is 2.10. The lowest BCUT2D eigenvalue weighted by atomic mass is 10.2. The van der Waals surface area contributed by atoms with Gasteiger partial charge in [-0.1, -0.05) is 32.9 Å². The Hall–Kier alpha value is -1.63. The predicted molar refractivity (Wildman–Crippen MR) is 96.3 cm³/mol. The van der Waals surface area contributed by atoms with Crippen LogP contribution in [0.15, 0.2) is 9.52 Å². The van der Waals surface area contributed by atoms with E-state index in [4.69, 9.17) is 9.26 Å². The summed E-state index contributed by atoms with van der Waals surface area (Å²) in [6.07, 6.45) is 2.65. The first-order valence-corrected chi connectivity index (χ1v) is 8.87. The molecule has 0 aliphatic heterocycles. The second-order valence-corrected chi connectivity index (χ2v) is 6.55. The molecule has 24 heavy (non-hydrogen) atoms. The number of rotatable bonds is 11. The van der Waals surface area contributed by atoms with Crippen LogP contribution in [-0.2, 0) is 11.2 Å². The summed E-state index contributed by atoms with van der Waals surface area (Å²) in [6.45, 7) is 11.7. The van der Waals surface area contributed by atoms with Gasteiger partial charge in [0.25, 0.3) is 0 Å². The minimum absolute atomic E-state index is 0.299. The SMILES string of the molecule is CN=C(NCCCOCC(C)C)NCCCc1nc(C(C)C)no1. The van der Waals surface area contributed by atoms with Crippen LogP contribution in [0.1, 0.15) is 58.2 Å². The second kappa shape index (κ2) is 11.8. The number of hydrogen-bond acceptors (Lipinski definition) is 5. The molecule has 1 rings (SSSR count). The zero-order valence-electron chi connectivity index (χ0n) is 15.8. The molecule has 0 spiro atoms. The summed E-state index contributed by atoms with van der Waals surface area (Å²) >= 11 is 0. The van der Waals surface area contributed by atoms with Crippen LogP contribution in [0.4, 0.5) is 0 Å². The average molecular weight is 339 g/mol. The molecule has 0 aliphatic rings.